The molecule has 1 heterocycles. The Morgan fingerprint density at radius 1 is 1.32 bits per heavy atom. The van der Waals surface area contributed by atoms with E-state index in [1.54, 1.807) is 0 Å². The molecule has 1 saturated carbocycles. The molecule has 1 aliphatic heterocycles. The molecule has 1 aromatic rings. The van der Waals surface area contributed by atoms with Crippen LogP contribution in [0.25, 0.3) is 0 Å². The maximum Gasteiger partial charge on any atom is 0.304 e. The summed E-state index contributed by atoms with van der Waals surface area (Å²) in [6.45, 7) is 6.47. The van der Waals surface area contributed by atoms with Gasteiger partial charge in [-0.15, -0.1) is 0 Å². The van der Waals surface area contributed by atoms with Crippen molar-refractivity contribution in [1.29, 1.82) is 0 Å². The van der Waals surface area contributed by atoms with Crippen LogP contribution in [0.4, 0.5) is 0 Å². The van der Waals surface area contributed by atoms with Crippen LogP contribution in [0.5, 0.6) is 0 Å². The lowest BCUT2D eigenvalue weighted by atomic mass is 9.90. The maximum absolute atomic E-state index is 11.0. The van der Waals surface area contributed by atoms with E-state index in [-0.39, 0.29) is 11.8 Å². The Balaban J connectivity index is 1.84. The first-order valence-corrected chi connectivity index (χ1v) is 7.08. The van der Waals surface area contributed by atoms with Gasteiger partial charge < -0.3 is 5.11 Å². The van der Waals surface area contributed by atoms with Gasteiger partial charge in [-0.2, -0.15) is 0 Å². The second kappa shape index (κ2) is 4.34. The highest BCUT2D eigenvalue weighted by molar-refractivity contribution is 5.70. The molecule has 3 nitrogen and oxygen atoms in total. The number of rotatable bonds is 4. The van der Waals surface area contributed by atoms with Crippen LogP contribution in [0.1, 0.15) is 49.8 Å². The van der Waals surface area contributed by atoms with E-state index < -0.39 is 5.97 Å². The van der Waals surface area contributed by atoms with Crippen LogP contribution in [0.2, 0.25) is 0 Å². The highest BCUT2D eigenvalue weighted by Gasteiger charge is 2.46. The minimum Gasteiger partial charge on any atom is -0.481 e. The summed E-state index contributed by atoms with van der Waals surface area (Å²) in [5, 5.41) is 9.05. The Bertz CT molecular complexity index is 517. The zero-order valence-corrected chi connectivity index (χ0v) is 11.6. The summed E-state index contributed by atoms with van der Waals surface area (Å²) in [6.07, 6.45) is 2.32. The average Bonchev–Trinajstić information content (AvgIpc) is 2.98. The van der Waals surface area contributed by atoms with Crippen molar-refractivity contribution in [3.8, 4) is 0 Å². The number of nitrogens with zero attached hydrogens (tertiary/aromatic N) is 1. The van der Waals surface area contributed by atoms with Crippen molar-refractivity contribution in [2.24, 2.45) is 0 Å². The summed E-state index contributed by atoms with van der Waals surface area (Å²) in [6, 6.07) is 7.17. The molecule has 3 rings (SSSR count). The molecule has 1 fully saturated rings. The van der Waals surface area contributed by atoms with Crippen LogP contribution in [0.3, 0.4) is 0 Å². The van der Waals surface area contributed by atoms with Crippen LogP contribution in [-0.2, 0) is 23.3 Å². The van der Waals surface area contributed by atoms with Crippen molar-refractivity contribution in [2.75, 3.05) is 0 Å². The molecule has 0 amide bonds. The number of benzene rings is 1. The third kappa shape index (κ3) is 2.27. The number of hydrogen-bond donors (Lipinski definition) is 1. The zero-order valence-electron chi connectivity index (χ0n) is 11.6. The molecule has 0 saturated heterocycles. The number of carbonyl (C=O) groups is 1. The SMILES string of the molecule is CC(C)N1Cc2ccc(C3(CC(=O)O)CC3)cc2C1. The number of carboxylic acid groups (broad SMARTS) is 1. The highest BCUT2D eigenvalue weighted by atomic mass is 16.4. The Morgan fingerprint density at radius 2 is 2.00 bits per heavy atom. The summed E-state index contributed by atoms with van der Waals surface area (Å²) >= 11 is 0. The van der Waals surface area contributed by atoms with Gasteiger partial charge in [0.1, 0.15) is 0 Å². The van der Waals surface area contributed by atoms with Crippen LogP contribution in [0.15, 0.2) is 18.2 Å². The summed E-state index contributed by atoms with van der Waals surface area (Å²) in [5.74, 6) is -0.679. The van der Waals surface area contributed by atoms with Crippen LogP contribution >= 0.6 is 0 Å². The Morgan fingerprint density at radius 3 is 2.58 bits per heavy atom. The molecule has 0 atom stereocenters. The fraction of sp³-hybridized carbons (Fsp3) is 0.562. The summed E-state index contributed by atoms with van der Waals surface area (Å²) in [5.41, 5.74) is 3.97. The first-order valence-electron chi connectivity index (χ1n) is 7.08. The van der Waals surface area contributed by atoms with Crippen molar-refractivity contribution >= 4 is 5.97 Å². The quantitative estimate of drug-likeness (QED) is 0.903. The van der Waals surface area contributed by atoms with E-state index >= 15 is 0 Å². The summed E-state index contributed by atoms with van der Waals surface area (Å²) in [4.78, 5) is 13.4. The van der Waals surface area contributed by atoms with Crippen molar-refractivity contribution < 1.29 is 9.90 Å². The van der Waals surface area contributed by atoms with E-state index in [1.165, 1.54) is 16.7 Å². The van der Waals surface area contributed by atoms with Gasteiger partial charge in [0.15, 0.2) is 0 Å². The van der Waals surface area contributed by atoms with E-state index in [2.05, 4.69) is 36.9 Å². The molecule has 102 valence electrons. The minimum absolute atomic E-state index is 0.0634. The molecule has 0 spiro atoms. The molecular formula is C16H21NO2. The van der Waals surface area contributed by atoms with Crippen molar-refractivity contribution in [1.82, 2.24) is 4.90 Å². The first kappa shape index (κ1) is 12.7. The number of aliphatic carboxylic acids is 1. The molecule has 0 aromatic heterocycles. The van der Waals surface area contributed by atoms with Gasteiger partial charge in [0.2, 0.25) is 0 Å². The molecule has 3 heteroatoms. The van der Waals surface area contributed by atoms with Gasteiger partial charge in [0.05, 0.1) is 6.42 Å². The summed E-state index contributed by atoms with van der Waals surface area (Å²) < 4.78 is 0. The number of carboxylic acids is 1. The van der Waals surface area contributed by atoms with Gasteiger partial charge >= 0.3 is 5.97 Å². The van der Waals surface area contributed by atoms with E-state index in [0.29, 0.717) is 6.04 Å². The standard InChI is InChI=1S/C16H21NO2/c1-11(2)17-9-12-3-4-14(7-13(12)10-17)16(5-6-16)8-15(18)19/h3-4,7,11H,5-6,8-10H2,1-2H3,(H,18,19). The van der Waals surface area contributed by atoms with E-state index in [9.17, 15) is 4.79 Å². The van der Waals surface area contributed by atoms with Gasteiger partial charge in [-0.25, -0.2) is 0 Å². The number of fused-ring (bicyclic) bond motifs is 1. The topological polar surface area (TPSA) is 40.5 Å². The Hall–Kier alpha value is -1.35. The predicted octanol–water partition coefficient (Wildman–Crippen LogP) is 2.92. The van der Waals surface area contributed by atoms with Gasteiger partial charge in [-0.1, -0.05) is 18.2 Å². The van der Waals surface area contributed by atoms with E-state index in [4.69, 9.17) is 5.11 Å². The molecule has 1 aliphatic carbocycles. The molecule has 1 N–H and O–H groups in total. The van der Waals surface area contributed by atoms with Gasteiger partial charge in [-0.05, 0) is 43.4 Å². The van der Waals surface area contributed by atoms with Gasteiger partial charge in [0, 0.05) is 24.5 Å². The Labute approximate surface area is 114 Å². The van der Waals surface area contributed by atoms with E-state index in [1.807, 2.05) is 0 Å². The van der Waals surface area contributed by atoms with Crippen LogP contribution in [0, 0.1) is 0 Å². The second-order valence-corrected chi connectivity index (χ2v) is 6.33. The maximum atomic E-state index is 11.0. The van der Waals surface area contributed by atoms with Gasteiger partial charge in [0.25, 0.3) is 0 Å². The highest BCUT2D eigenvalue weighted by Crippen LogP contribution is 2.51. The fourth-order valence-electron chi connectivity index (χ4n) is 3.12. The van der Waals surface area contributed by atoms with Crippen molar-refractivity contribution in [3.63, 3.8) is 0 Å². The van der Waals surface area contributed by atoms with Gasteiger partial charge in [-0.3, -0.25) is 9.69 Å². The molecular weight excluding hydrogens is 238 g/mol. The number of hydrogen-bond acceptors (Lipinski definition) is 2. The van der Waals surface area contributed by atoms with E-state index in [0.717, 1.165) is 25.9 Å². The third-order valence-electron chi connectivity index (χ3n) is 4.64. The zero-order chi connectivity index (χ0) is 13.6. The Kier molecular flexibility index (Phi) is 2.90. The normalized spacial score (nSPS) is 20.6. The summed E-state index contributed by atoms with van der Waals surface area (Å²) in [7, 11) is 0. The lowest BCUT2D eigenvalue weighted by molar-refractivity contribution is -0.137. The lowest BCUT2D eigenvalue weighted by Gasteiger charge is -2.19. The monoisotopic (exact) mass is 259 g/mol. The molecule has 0 unspecified atom stereocenters. The average molecular weight is 259 g/mol. The molecule has 2 aliphatic rings. The van der Waals surface area contributed by atoms with Crippen LogP contribution < -0.4 is 0 Å². The van der Waals surface area contributed by atoms with Crippen molar-refractivity contribution in [2.45, 2.75) is 57.7 Å². The molecule has 1 aromatic carbocycles. The third-order valence-corrected chi connectivity index (χ3v) is 4.64. The smallest absolute Gasteiger partial charge is 0.304 e. The molecule has 0 bridgehead atoms. The minimum atomic E-state index is -0.679. The second-order valence-electron chi connectivity index (χ2n) is 6.33. The molecule has 0 radical (unpaired) electrons. The predicted molar refractivity (Wildman–Crippen MR) is 74.0 cm³/mol. The fourth-order valence-corrected chi connectivity index (χ4v) is 3.12. The lowest BCUT2D eigenvalue weighted by Crippen LogP contribution is -2.24. The first-order chi connectivity index (χ1) is 9.00. The van der Waals surface area contributed by atoms with Crippen LogP contribution in [-0.4, -0.2) is 22.0 Å². The largest absolute Gasteiger partial charge is 0.481 e. The van der Waals surface area contributed by atoms with Crippen molar-refractivity contribution in [3.05, 3.63) is 34.9 Å². The molecule has 19 heavy (non-hydrogen) atoms.